The van der Waals surface area contributed by atoms with Crippen molar-refractivity contribution in [3.05, 3.63) is 63.7 Å². The lowest BCUT2D eigenvalue weighted by Crippen LogP contribution is -2.13. The maximum Gasteiger partial charge on any atom is 0.417 e. The summed E-state index contributed by atoms with van der Waals surface area (Å²) in [6.07, 6.45) is -4.57. The number of hydrogen-bond acceptors (Lipinski definition) is 1. The number of anilines is 1. The molecule has 2 aromatic rings. The van der Waals surface area contributed by atoms with Crippen molar-refractivity contribution < 1.29 is 18.0 Å². The third kappa shape index (κ3) is 3.60. The Kier molecular flexibility index (Phi) is 4.47. The number of carbonyl (C=O) groups is 1. The first kappa shape index (κ1) is 16.4. The topological polar surface area (TPSA) is 29.1 Å². The number of carbonyl (C=O) groups excluding carboxylic acids is 1. The highest BCUT2D eigenvalue weighted by molar-refractivity contribution is 6.31. The van der Waals surface area contributed by atoms with E-state index < -0.39 is 22.7 Å². The quantitative estimate of drug-likeness (QED) is 0.804. The van der Waals surface area contributed by atoms with Crippen molar-refractivity contribution >= 4 is 23.2 Å². The smallest absolute Gasteiger partial charge is 0.322 e. The monoisotopic (exact) mass is 327 g/mol. The van der Waals surface area contributed by atoms with Crippen molar-refractivity contribution in [3.63, 3.8) is 0 Å². The predicted molar refractivity (Wildman–Crippen MR) is 80.3 cm³/mol. The number of rotatable bonds is 2. The number of alkyl halides is 3. The molecular weight excluding hydrogens is 315 g/mol. The average molecular weight is 328 g/mol. The van der Waals surface area contributed by atoms with Crippen LogP contribution in [0, 0.1) is 13.8 Å². The molecule has 1 N–H and O–H groups in total. The van der Waals surface area contributed by atoms with Gasteiger partial charge in [-0.2, -0.15) is 13.2 Å². The van der Waals surface area contributed by atoms with Gasteiger partial charge >= 0.3 is 6.18 Å². The lowest BCUT2D eigenvalue weighted by atomic mass is 10.1. The fraction of sp³-hybridized carbons (Fsp3) is 0.188. The molecule has 1 amide bonds. The number of benzene rings is 2. The zero-order chi connectivity index (χ0) is 16.5. The maximum absolute atomic E-state index is 12.8. The Hall–Kier alpha value is -2.01. The van der Waals surface area contributed by atoms with E-state index in [4.69, 9.17) is 11.6 Å². The van der Waals surface area contributed by atoms with Gasteiger partial charge in [-0.3, -0.25) is 4.79 Å². The normalized spacial score (nSPS) is 11.4. The molecule has 0 fully saturated rings. The lowest BCUT2D eigenvalue weighted by molar-refractivity contribution is -0.137. The molecule has 2 rings (SSSR count). The van der Waals surface area contributed by atoms with Gasteiger partial charge in [-0.05, 0) is 55.3 Å². The summed E-state index contributed by atoms with van der Waals surface area (Å²) in [5.74, 6) is -0.474. The lowest BCUT2D eigenvalue weighted by Gasteiger charge is -2.12. The van der Waals surface area contributed by atoms with Gasteiger partial charge < -0.3 is 5.32 Å². The molecule has 0 spiro atoms. The van der Waals surface area contributed by atoms with Crippen molar-refractivity contribution in [2.75, 3.05) is 5.32 Å². The van der Waals surface area contributed by atoms with E-state index in [1.165, 1.54) is 6.07 Å². The Morgan fingerprint density at radius 2 is 1.73 bits per heavy atom. The Balaban J connectivity index is 2.27. The van der Waals surface area contributed by atoms with Crippen molar-refractivity contribution in [3.8, 4) is 0 Å². The third-order valence-corrected chi connectivity index (χ3v) is 3.63. The molecule has 2 nitrogen and oxygen atoms in total. The van der Waals surface area contributed by atoms with Gasteiger partial charge in [-0.15, -0.1) is 0 Å². The molecule has 0 unspecified atom stereocenters. The summed E-state index contributed by atoms with van der Waals surface area (Å²) >= 11 is 5.54. The van der Waals surface area contributed by atoms with Crippen LogP contribution >= 0.6 is 11.6 Å². The number of aryl methyl sites for hydroxylation is 2. The molecule has 22 heavy (non-hydrogen) atoms. The van der Waals surface area contributed by atoms with E-state index in [0.717, 1.165) is 23.3 Å². The highest BCUT2D eigenvalue weighted by Crippen LogP contribution is 2.36. The van der Waals surface area contributed by atoms with Crippen molar-refractivity contribution in [1.29, 1.82) is 0 Å². The second-order valence-electron chi connectivity index (χ2n) is 4.95. The minimum absolute atomic E-state index is 0.0416. The minimum atomic E-state index is -4.57. The standard InChI is InChI=1S/C16H13ClF3NO/c1-9-3-4-11(7-10(9)2)15(22)21-12-5-6-14(17)13(8-12)16(18,19)20/h3-8H,1-2H3,(H,21,22). The van der Waals surface area contributed by atoms with Crippen LogP contribution in [-0.2, 0) is 6.18 Å². The highest BCUT2D eigenvalue weighted by atomic mass is 35.5. The Labute approximate surface area is 130 Å². The minimum Gasteiger partial charge on any atom is -0.322 e. The molecule has 6 heteroatoms. The van der Waals surface area contributed by atoms with Crippen LogP contribution in [0.3, 0.4) is 0 Å². The van der Waals surface area contributed by atoms with Gasteiger partial charge in [0.15, 0.2) is 0 Å². The van der Waals surface area contributed by atoms with Gasteiger partial charge in [-0.1, -0.05) is 17.7 Å². The summed E-state index contributed by atoms with van der Waals surface area (Å²) < 4.78 is 38.4. The molecule has 0 aliphatic carbocycles. The van der Waals surface area contributed by atoms with E-state index in [0.29, 0.717) is 5.56 Å². The molecule has 0 aliphatic heterocycles. The average Bonchev–Trinajstić information content (AvgIpc) is 2.42. The van der Waals surface area contributed by atoms with E-state index in [-0.39, 0.29) is 5.69 Å². The van der Waals surface area contributed by atoms with Crippen LogP contribution in [-0.4, -0.2) is 5.91 Å². The van der Waals surface area contributed by atoms with E-state index >= 15 is 0 Å². The van der Waals surface area contributed by atoms with Crippen LogP contribution < -0.4 is 5.32 Å². The fourth-order valence-electron chi connectivity index (χ4n) is 1.91. The van der Waals surface area contributed by atoms with Gasteiger partial charge in [0.25, 0.3) is 5.91 Å². The third-order valence-electron chi connectivity index (χ3n) is 3.30. The Morgan fingerprint density at radius 3 is 2.32 bits per heavy atom. The molecule has 0 atom stereocenters. The van der Waals surface area contributed by atoms with Crippen LogP contribution in [0.2, 0.25) is 5.02 Å². The van der Waals surface area contributed by atoms with Crippen LogP contribution in [0.1, 0.15) is 27.0 Å². The van der Waals surface area contributed by atoms with Crippen LogP contribution in [0.15, 0.2) is 36.4 Å². The highest BCUT2D eigenvalue weighted by Gasteiger charge is 2.33. The van der Waals surface area contributed by atoms with Crippen LogP contribution in [0.5, 0.6) is 0 Å². The van der Waals surface area contributed by atoms with E-state index in [2.05, 4.69) is 5.32 Å². The largest absolute Gasteiger partial charge is 0.417 e. The molecule has 0 bridgehead atoms. The van der Waals surface area contributed by atoms with Crippen molar-refractivity contribution in [2.45, 2.75) is 20.0 Å². The first-order valence-corrected chi connectivity index (χ1v) is 6.81. The molecule has 0 saturated carbocycles. The van der Waals surface area contributed by atoms with Gasteiger partial charge in [0, 0.05) is 11.3 Å². The molecule has 116 valence electrons. The molecule has 2 aromatic carbocycles. The zero-order valence-electron chi connectivity index (χ0n) is 11.9. The van der Waals surface area contributed by atoms with Crippen LogP contribution in [0.25, 0.3) is 0 Å². The van der Waals surface area contributed by atoms with E-state index in [1.807, 2.05) is 13.8 Å². The predicted octanol–water partition coefficient (Wildman–Crippen LogP) is 5.23. The Morgan fingerprint density at radius 1 is 1.05 bits per heavy atom. The van der Waals surface area contributed by atoms with Crippen molar-refractivity contribution in [2.24, 2.45) is 0 Å². The van der Waals surface area contributed by atoms with Gasteiger partial charge in [-0.25, -0.2) is 0 Å². The SMILES string of the molecule is Cc1ccc(C(=O)Nc2ccc(Cl)c(C(F)(F)F)c2)cc1C. The van der Waals surface area contributed by atoms with Gasteiger partial charge in [0.2, 0.25) is 0 Å². The van der Waals surface area contributed by atoms with Gasteiger partial charge in [0.05, 0.1) is 10.6 Å². The summed E-state index contributed by atoms with van der Waals surface area (Å²) in [5, 5.41) is 2.04. The summed E-state index contributed by atoms with van der Waals surface area (Å²) in [5.41, 5.74) is 1.40. The molecule has 0 radical (unpaired) electrons. The van der Waals surface area contributed by atoms with E-state index in [1.54, 1.807) is 18.2 Å². The first-order valence-electron chi connectivity index (χ1n) is 6.44. The summed E-state index contributed by atoms with van der Waals surface area (Å²) in [7, 11) is 0. The fourth-order valence-corrected chi connectivity index (χ4v) is 2.13. The van der Waals surface area contributed by atoms with E-state index in [9.17, 15) is 18.0 Å². The molecule has 0 saturated heterocycles. The number of nitrogens with one attached hydrogen (secondary N) is 1. The second kappa shape index (κ2) is 6.01. The van der Waals surface area contributed by atoms with Gasteiger partial charge in [0.1, 0.15) is 0 Å². The molecule has 0 aromatic heterocycles. The molecule has 0 aliphatic rings. The summed E-state index contributed by atoms with van der Waals surface area (Å²) in [4.78, 5) is 12.1. The maximum atomic E-state index is 12.8. The first-order chi connectivity index (χ1) is 10.2. The second-order valence-corrected chi connectivity index (χ2v) is 5.35. The molecular formula is C16H13ClF3NO. The van der Waals surface area contributed by atoms with Crippen molar-refractivity contribution in [1.82, 2.24) is 0 Å². The van der Waals surface area contributed by atoms with Crippen LogP contribution in [0.4, 0.5) is 18.9 Å². The Bertz CT molecular complexity index is 726. The summed E-state index contributed by atoms with van der Waals surface area (Å²) in [6.45, 7) is 3.77. The number of hydrogen-bond donors (Lipinski definition) is 1. The zero-order valence-corrected chi connectivity index (χ0v) is 12.6. The summed E-state index contributed by atoms with van der Waals surface area (Å²) in [6, 6.07) is 8.36. The number of halogens is 4. The number of amides is 1. The molecule has 0 heterocycles.